The summed E-state index contributed by atoms with van der Waals surface area (Å²) in [5.41, 5.74) is -0.683. The van der Waals surface area contributed by atoms with Crippen LogP contribution in [0.3, 0.4) is 0 Å². The van der Waals surface area contributed by atoms with Gasteiger partial charge in [-0.25, -0.2) is 4.98 Å². The molecule has 0 saturated heterocycles. The van der Waals surface area contributed by atoms with E-state index >= 15 is 0 Å². The van der Waals surface area contributed by atoms with Gasteiger partial charge < -0.3 is 14.6 Å². The van der Waals surface area contributed by atoms with Gasteiger partial charge in [-0.3, -0.25) is 4.79 Å². The van der Waals surface area contributed by atoms with Crippen LogP contribution in [-0.2, 0) is 0 Å². The molecule has 104 valence electrons. The maximum atomic E-state index is 12.3. The highest BCUT2D eigenvalue weighted by atomic mass is 16.3. The summed E-state index contributed by atoms with van der Waals surface area (Å²) < 4.78 is 1.78. The van der Waals surface area contributed by atoms with Crippen molar-refractivity contribution < 1.29 is 5.11 Å². The van der Waals surface area contributed by atoms with Gasteiger partial charge in [0.25, 0.3) is 5.56 Å². The fourth-order valence-corrected chi connectivity index (χ4v) is 3.02. The Labute approximate surface area is 112 Å². The number of hydrogen-bond acceptors (Lipinski definition) is 4. The van der Waals surface area contributed by atoms with Crippen LogP contribution in [0.1, 0.15) is 44.6 Å². The van der Waals surface area contributed by atoms with Crippen LogP contribution >= 0.6 is 0 Å². The van der Waals surface area contributed by atoms with Crippen LogP contribution in [0, 0.1) is 0 Å². The minimum atomic E-state index is -0.650. The zero-order valence-electron chi connectivity index (χ0n) is 11.4. The number of aromatic nitrogens is 2. The number of rotatable bonds is 4. The van der Waals surface area contributed by atoms with Crippen LogP contribution in [0.2, 0.25) is 0 Å². The highest BCUT2D eigenvalue weighted by Gasteiger charge is 2.33. The van der Waals surface area contributed by atoms with Gasteiger partial charge in [0.05, 0.1) is 5.60 Å². The summed E-state index contributed by atoms with van der Waals surface area (Å²) >= 11 is 0. The number of anilines is 1. The standard InChI is InChI=1S/C14H21N3O2/c1-16(10-14(19)6-2-3-7-14)12-13(18)17(9-8-15-12)11-4-5-11/h8-9,11,19H,2-7,10H2,1H3. The van der Waals surface area contributed by atoms with Crippen molar-refractivity contribution in [3.05, 3.63) is 22.7 Å². The molecular formula is C14H21N3O2. The number of aliphatic hydroxyl groups is 1. The predicted octanol–water partition coefficient (Wildman–Crippen LogP) is 1.32. The molecule has 3 rings (SSSR count). The Bertz CT molecular complexity index is 516. The van der Waals surface area contributed by atoms with Gasteiger partial charge in [0.2, 0.25) is 0 Å². The van der Waals surface area contributed by atoms with Gasteiger partial charge in [0.1, 0.15) is 0 Å². The van der Waals surface area contributed by atoms with E-state index in [-0.39, 0.29) is 5.56 Å². The topological polar surface area (TPSA) is 58.4 Å². The molecule has 1 aromatic heterocycles. The van der Waals surface area contributed by atoms with E-state index in [1.54, 1.807) is 17.0 Å². The van der Waals surface area contributed by atoms with Gasteiger partial charge in [-0.1, -0.05) is 12.8 Å². The van der Waals surface area contributed by atoms with Crippen molar-refractivity contribution in [2.45, 2.75) is 50.2 Å². The first-order valence-electron chi connectivity index (χ1n) is 7.10. The zero-order valence-corrected chi connectivity index (χ0v) is 11.4. The van der Waals surface area contributed by atoms with Crippen molar-refractivity contribution >= 4 is 5.82 Å². The van der Waals surface area contributed by atoms with E-state index in [0.717, 1.165) is 38.5 Å². The lowest BCUT2D eigenvalue weighted by atomic mass is 10.0. The molecule has 2 aliphatic carbocycles. The lowest BCUT2D eigenvalue weighted by molar-refractivity contribution is 0.0557. The first-order chi connectivity index (χ1) is 9.09. The van der Waals surface area contributed by atoms with Crippen LogP contribution in [0.15, 0.2) is 17.2 Å². The largest absolute Gasteiger partial charge is 0.388 e. The van der Waals surface area contributed by atoms with Gasteiger partial charge in [-0.15, -0.1) is 0 Å². The fourth-order valence-electron chi connectivity index (χ4n) is 3.02. The molecule has 2 saturated carbocycles. The zero-order chi connectivity index (χ0) is 13.5. The lowest BCUT2D eigenvalue weighted by Gasteiger charge is -2.29. The Hall–Kier alpha value is -1.36. The molecule has 1 N–H and O–H groups in total. The van der Waals surface area contributed by atoms with Crippen molar-refractivity contribution in [2.24, 2.45) is 0 Å². The van der Waals surface area contributed by atoms with Crippen molar-refractivity contribution in [3.8, 4) is 0 Å². The molecule has 0 atom stereocenters. The normalized spacial score (nSPS) is 21.6. The molecule has 2 aliphatic rings. The molecule has 0 spiro atoms. The number of likely N-dealkylation sites (N-methyl/N-ethyl adjacent to an activating group) is 1. The maximum absolute atomic E-state index is 12.3. The molecule has 19 heavy (non-hydrogen) atoms. The minimum Gasteiger partial charge on any atom is -0.388 e. The Morgan fingerprint density at radius 1 is 1.47 bits per heavy atom. The van der Waals surface area contributed by atoms with Crippen LogP contribution in [0.25, 0.3) is 0 Å². The van der Waals surface area contributed by atoms with E-state index in [1.807, 2.05) is 11.9 Å². The van der Waals surface area contributed by atoms with E-state index in [9.17, 15) is 9.90 Å². The first-order valence-corrected chi connectivity index (χ1v) is 7.10. The van der Waals surface area contributed by atoms with Crippen LogP contribution in [-0.4, -0.2) is 33.9 Å². The Kier molecular flexibility index (Phi) is 3.09. The maximum Gasteiger partial charge on any atom is 0.293 e. The molecule has 0 unspecified atom stereocenters. The smallest absolute Gasteiger partial charge is 0.293 e. The Morgan fingerprint density at radius 2 is 2.16 bits per heavy atom. The summed E-state index contributed by atoms with van der Waals surface area (Å²) in [6.45, 7) is 0.490. The molecule has 1 aromatic rings. The fraction of sp³-hybridized carbons (Fsp3) is 0.714. The van der Waals surface area contributed by atoms with Crippen molar-refractivity contribution in [1.29, 1.82) is 0 Å². The number of nitrogens with zero attached hydrogens (tertiary/aromatic N) is 3. The van der Waals surface area contributed by atoms with Crippen LogP contribution < -0.4 is 10.5 Å². The van der Waals surface area contributed by atoms with Gasteiger partial charge in [0, 0.05) is 32.0 Å². The summed E-state index contributed by atoms with van der Waals surface area (Å²) in [6.07, 6.45) is 9.39. The summed E-state index contributed by atoms with van der Waals surface area (Å²) in [4.78, 5) is 18.4. The molecule has 0 radical (unpaired) electrons. The summed E-state index contributed by atoms with van der Waals surface area (Å²) in [5, 5.41) is 10.4. The molecule has 0 aromatic carbocycles. The molecule has 5 nitrogen and oxygen atoms in total. The molecule has 5 heteroatoms. The first kappa shape index (κ1) is 12.7. The van der Waals surface area contributed by atoms with Crippen LogP contribution in [0.5, 0.6) is 0 Å². The minimum absolute atomic E-state index is 0.0332. The average Bonchev–Trinajstić information content (AvgIpc) is 3.12. The third-order valence-electron chi connectivity index (χ3n) is 4.22. The number of hydrogen-bond donors (Lipinski definition) is 1. The van der Waals surface area contributed by atoms with Gasteiger partial charge >= 0.3 is 0 Å². The molecule has 1 heterocycles. The van der Waals surface area contributed by atoms with E-state index in [0.29, 0.717) is 18.4 Å². The molecule has 0 aliphatic heterocycles. The summed E-state index contributed by atoms with van der Waals surface area (Å²) in [5.74, 6) is 0.453. The van der Waals surface area contributed by atoms with Crippen molar-refractivity contribution in [2.75, 3.05) is 18.5 Å². The van der Waals surface area contributed by atoms with Crippen molar-refractivity contribution in [1.82, 2.24) is 9.55 Å². The second-order valence-electron chi connectivity index (χ2n) is 5.98. The Balaban J connectivity index is 1.81. The van der Waals surface area contributed by atoms with Gasteiger partial charge in [-0.05, 0) is 25.7 Å². The lowest BCUT2D eigenvalue weighted by Crippen LogP contribution is -2.42. The third kappa shape index (κ3) is 2.52. The second kappa shape index (κ2) is 4.63. The van der Waals surface area contributed by atoms with Crippen LogP contribution in [0.4, 0.5) is 5.82 Å². The average molecular weight is 263 g/mol. The summed E-state index contributed by atoms with van der Waals surface area (Å²) in [6, 6.07) is 0.359. The monoisotopic (exact) mass is 263 g/mol. The quantitative estimate of drug-likeness (QED) is 0.890. The molecule has 0 bridgehead atoms. The highest BCUT2D eigenvalue weighted by molar-refractivity contribution is 5.35. The SMILES string of the molecule is CN(CC1(O)CCCC1)c1nccn(C2CC2)c1=O. The Morgan fingerprint density at radius 3 is 2.79 bits per heavy atom. The predicted molar refractivity (Wildman–Crippen MR) is 73.5 cm³/mol. The van der Waals surface area contributed by atoms with Gasteiger partial charge in [-0.2, -0.15) is 0 Å². The third-order valence-corrected chi connectivity index (χ3v) is 4.22. The molecule has 2 fully saturated rings. The van der Waals surface area contributed by atoms with E-state index in [2.05, 4.69) is 4.98 Å². The molecule has 0 amide bonds. The van der Waals surface area contributed by atoms with Gasteiger partial charge in [0.15, 0.2) is 5.82 Å². The van der Waals surface area contributed by atoms with E-state index in [4.69, 9.17) is 0 Å². The second-order valence-corrected chi connectivity index (χ2v) is 5.98. The highest BCUT2D eigenvalue weighted by Crippen LogP contribution is 2.34. The van der Waals surface area contributed by atoms with E-state index < -0.39 is 5.60 Å². The molecular weight excluding hydrogens is 242 g/mol. The van der Waals surface area contributed by atoms with Crippen molar-refractivity contribution in [3.63, 3.8) is 0 Å². The van der Waals surface area contributed by atoms with E-state index in [1.165, 1.54) is 0 Å². The summed E-state index contributed by atoms with van der Waals surface area (Å²) in [7, 11) is 1.84.